The summed E-state index contributed by atoms with van der Waals surface area (Å²) in [6.07, 6.45) is 2.50. The molecule has 5 heteroatoms. The zero-order valence-corrected chi connectivity index (χ0v) is 11.5. The molecule has 1 aromatic rings. The van der Waals surface area contributed by atoms with Crippen LogP contribution >= 0.6 is 0 Å². The molecule has 0 radical (unpaired) electrons. The van der Waals surface area contributed by atoms with Gasteiger partial charge in [0.2, 0.25) is 0 Å². The molecule has 1 aliphatic carbocycles. The van der Waals surface area contributed by atoms with Crippen molar-refractivity contribution in [3.63, 3.8) is 0 Å². The molecular weight excluding hydrogens is 261 g/mol. The number of nitrogens with one attached hydrogen (secondary N) is 1. The first-order valence-corrected chi connectivity index (χ1v) is 7.02. The van der Waals surface area contributed by atoms with Gasteiger partial charge in [-0.15, -0.1) is 0 Å². The van der Waals surface area contributed by atoms with Crippen molar-refractivity contribution < 1.29 is 19.3 Å². The predicted molar refractivity (Wildman–Crippen MR) is 74.1 cm³/mol. The van der Waals surface area contributed by atoms with Gasteiger partial charge in [0, 0.05) is 19.7 Å². The van der Waals surface area contributed by atoms with Gasteiger partial charge >= 0.3 is 0 Å². The fourth-order valence-electron chi connectivity index (χ4n) is 2.22. The van der Waals surface area contributed by atoms with Crippen molar-refractivity contribution in [1.29, 1.82) is 0 Å². The smallest absolute Gasteiger partial charge is 0.123 e. The maximum Gasteiger partial charge on any atom is 0.123 e. The number of aliphatic hydroxyl groups excluding tert-OH is 2. The van der Waals surface area contributed by atoms with Gasteiger partial charge in [-0.3, -0.25) is 0 Å². The van der Waals surface area contributed by atoms with Crippen LogP contribution in [0.25, 0.3) is 0 Å². The first-order chi connectivity index (χ1) is 9.63. The van der Waals surface area contributed by atoms with E-state index in [4.69, 9.17) is 9.84 Å². The Hall–Kier alpha value is -1.17. The normalized spacial score (nSPS) is 17.8. The summed E-state index contributed by atoms with van der Waals surface area (Å²) >= 11 is 0. The zero-order valence-electron chi connectivity index (χ0n) is 11.5. The molecule has 0 aliphatic heterocycles. The van der Waals surface area contributed by atoms with Crippen LogP contribution in [0.4, 0.5) is 4.39 Å². The van der Waals surface area contributed by atoms with Crippen LogP contribution in [0.1, 0.15) is 19.3 Å². The number of halogens is 1. The Morgan fingerprint density at radius 1 is 1.30 bits per heavy atom. The molecule has 1 aliphatic rings. The fraction of sp³-hybridized carbons (Fsp3) is 0.600. The standard InChI is InChI=1S/C15H22FNO3/c16-12-1-3-14(4-2-12)20-10-13(19)9-17-11-15(5-6-15)7-8-18/h1-4,13,17-19H,5-11H2. The number of benzene rings is 1. The van der Waals surface area contributed by atoms with Crippen LogP contribution in [0.15, 0.2) is 24.3 Å². The molecule has 1 aromatic carbocycles. The van der Waals surface area contributed by atoms with Gasteiger partial charge in [-0.05, 0) is 48.9 Å². The maximum atomic E-state index is 12.7. The largest absolute Gasteiger partial charge is 0.491 e. The summed E-state index contributed by atoms with van der Waals surface area (Å²) in [5.41, 5.74) is 0.242. The van der Waals surface area contributed by atoms with E-state index >= 15 is 0 Å². The summed E-state index contributed by atoms with van der Waals surface area (Å²) < 4.78 is 18.1. The molecule has 112 valence electrons. The number of aliphatic hydroxyl groups is 2. The Morgan fingerprint density at radius 2 is 2.00 bits per heavy atom. The Labute approximate surface area is 118 Å². The van der Waals surface area contributed by atoms with Crippen LogP contribution in [0, 0.1) is 11.2 Å². The lowest BCUT2D eigenvalue weighted by molar-refractivity contribution is 0.104. The molecule has 1 fully saturated rings. The fourth-order valence-corrected chi connectivity index (χ4v) is 2.22. The third-order valence-electron chi connectivity index (χ3n) is 3.74. The highest BCUT2D eigenvalue weighted by Gasteiger charge is 2.41. The Kier molecular flexibility index (Phi) is 5.34. The topological polar surface area (TPSA) is 61.7 Å². The lowest BCUT2D eigenvalue weighted by Crippen LogP contribution is -2.35. The second-order valence-corrected chi connectivity index (χ2v) is 5.52. The monoisotopic (exact) mass is 283 g/mol. The van der Waals surface area contributed by atoms with Gasteiger partial charge in [0.15, 0.2) is 0 Å². The molecular formula is C15H22FNO3. The molecule has 1 unspecified atom stereocenters. The average Bonchev–Trinajstić information content (AvgIpc) is 3.18. The maximum absolute atomic E-state index is 12.7. The summed E-state index contributed by atoms with van der Waals surface area (Å²) in [5, 5.41) is 22.0. The third-order valence-corrected chi connectivity index (χ3v) is 3.74. The molecule has 0 heterocycles. The van der Waals surface area contributed by atoms with Crippen LogP contribution in [-0.2, 0) is 0 Å². The van der Waals surface area contributed by atoms with E-state index in [2.05, 4.69) is 5.32 Å². The average molecular weight is 283 g/mol. The highest BCUT2D eigenvalue weighted by molar-refractivity contribution is 5.22. The van der Waals surface area contributed by atoms with E-state index in [1.165, 1.54) is 24.3 Å². The molecule has 0 amide bonds. The Bertz CT molecular complexity index is 406. The summed E-state index contributed by atoms with van der Waals surface area (Å²) in [6, 6.07) is 5.73. The van der Waals surface area contributed by atoms with Crippen molar-refractivity contribution >= 4 is 0 Å². The second-order valence-electron chi connectivity index (χ2n) is 5.52. The summed E-state index contributed by atoms with van der Waals surface area (Å²) in [7, 11) is 0. The van der Waals surface area contributed by atoms with Gasteiger partial charge in [0.1, 0.15) is 24.3 Å². The number of rotatable bonds is 9. The Morgan fingerprint density at radius 3 is 2.60 bits per heavy atom. The van der Waals surface area contributed by atoms with Gasteiger partial charge in [-0.25, -0.2) is 4.39 Å². The minimum absolute atomic E-state index is 0.172. The molecule has 1 atom stereocenters. The van der Waals surface area contributed by atoms with Crippen molar-refractivity contribution in [1.82, 2.24) is 5.32 Å². The van der Waals surface area contributed by atoms with Crippen molar-refractivity contribution in [2.24, 2.45) is 5.41 Å². The first kappa shape index (κ1) is 15.2. The Balaban J connectivity index is 1.61. The number of ether oxygens (including phenoxy) is 1. The molecule has 0 aromatic heterocycles. The van der Waals surface area contributed by atoms with Gasteiger partial charge in [-0.2, -0.15) is 0 Å². The van der Waals surface area contributed by atoms with E-state index in [0.29, 0.717) is 12.3 Å². The number of hydrogen-bond acceptors (Lipinski definition) is 4. The van der Waals surface area contributed by atoms with Gasteiger partial charge < -0.3 is 20.3 Å². The molecule has 2 rings (SSSR count). The van der Waals surface area contributed by atoms with Crippen molar-refractivity contribution in [3.05, 3.63) is 30.1 Å². The highest BCUT2D eigenvalue weighted by Crippen LogP contribution is 2.47. The van der Waals surface area contributed by atoms with Gasteiger partial charge in [0.05, 0.1) is 0 Å². The summed E-state index contributed by atoms with van der Waals surface area (Å²) in [6.45, 7) is 1.67. The van der Waals surface area contributed by atoms with E-state index in [-0.39, 0.29) is 24.4 Å². The van der Waals surface area contributed by atoms with E-state index < -0.39 is 6.10 Å². The summed E-state index contributed by atoms with van der Waals surface area (Å²) in [5.74, 6) is 0.238. The predicted octanol–water partition coefficient (Wildman–Crippen LogP) is 1.32. The molecule has 0 saturated heterocycles. The van der Waals surface area contributed by atoms with E-state index in [1.807, 2.05) is 0 Å². The van der Waals surface area contributed by atoms with Crippen molar-refractivity contribution in [3.8, 4) is 5.75 Å². The molecule has 0 bridgehead atoms. The summed E-state index contributed by atoms with van der Waals surface area (Å²) in [4.78, 5) is 0. The minimum Gasteiger partial charge on any atom is -0.491 e. The van der Waals surface area contributed by atoms with Crippen LogP contribution in [-0.4, -0.2) is 42.6 Å². The van der Waals surface area contributed by atoms with Crippen LogP contribution in [0.5, 0.6) is 5.75 Å². The molecule has 3 N–H and O–H groups in total. The SMILES string of the molecule is OCCC1(CNCC(O)COc2ccc(F)cc2)CC1. The third kappa shape index (κ3) is 4.74. The second kappa shape index (κ2) is 7.02. The van der Waals surface area contributed by atoms with E-state index in [9.17, 15) is 9.50 Å². The zero-order chi connectivity index (χ0) is 14.4. The van der Waals surface area contributed by atoms with Crippen molar-refractivity contribution in [2.75, 3.05) is 26.3 Å². The van der Waals surface area contributed by atoms with Crippen molar-refractivity contribution in [2.45, 2.75) is 25.4 Å². The minimum atomic E-state index is -0.607. The van der Waals surface area contributed by atoms with Crippen LogP contribution in [0.3, 0.4) is 0 Å². The van der Waals surface area contributed by atoms with E-state index in [1.54, 1.807) is 0 Å². The molecule has 0 spiro atoms. The lowest BCUT2D eigenvalue weighted by atomic mass is 10.0. The van der Waals surface area contributed by atoms with Gasteiger partial charge in [-0.1, -0.05) is 0 Å². The highest BCUT2D eigenvalue weighted by atomic mass is 19.1. The lowest BCUT2D eigenvalue weighted by Gasteiger charge is -2.17. The first-order valence-electron chi connectivity index (χ1n) is 7.02. The van der Waals surface area contributed by atoms with Gasteiger partial charge in [0.25, 0.3) is 0 Å². The number of hydrogen-bond donors (Lipinski definition) is 3. The molecule has 1 saturated carbocycles. The molecule has 20 heavy (non-hydrogen) atoms. The quantitative estimate of drug-likeness (QED) is 0.639. The molecule has 4 nitrogen and oxygen atoms in total. The van der Waals surface area contributed by atoms with Crippen LogP contribution < -0.4 is 10.1 Å². The van der Waals surface area contributed by atoms with Crippen LogP contribution in [0.2, 0.25) is 0 Å². The van der Waals surface area contributed by atoms with E-state index in [0.717, 1.165) is 25.8 Å².